The zero-order valence-electron chi connectivity index (χ0n) is 20.6. The zero-order valence-corrected chi connectivity index (χ0v) is 20.6. The summed E-state index contributed by atoms with van der Waals surface area (Å²) in [6.45, 7) is 0.960. The maximum Gasteiger partial charge on any atom is 0.391 e. The molecule has 1 N–H and O–H groups in total. The summed E-state index contributed by atoms with van der Waals surface area (Å²) in [5.41, 5.74) is 2.43. The molecular weight excluding hydrogens is 487 g/mol. The second-order valence-electron chi connectivity index (χ2n) is 10.7. The van der Waals surface area contributed by atoms with E-state index in [1.165, 1.54) is 4.90 Å². The minimum absolute atomic E-state index is 0.0519. The van der Waals surface area contributed by atoms with Crippen LogP contribution in [-0.2, 0) is 27.3 Å². The predicted molar refractivity (Wildman–Crippen MR) is 129 cm³/mol. The minimum atomic E-state index is -4.11. The third-order valence-corrected chi connectivity index (χ3v) is 8.15. The Hall–Kier alpha value is -2.75. The molecule has 3 heterocycles. The average Bonchev–Trinajstić information content (AvgIpc) is 3.18. The van der Waals surface area contributed by atoms with Crippen molar-refractivity contribution >= 4 is 23.9 Å². The number of fused-ring (bicyclic) bond motifs is 1. The van der Waals surface area contributed by atoms with Crippen LogP contribution in [0.2, 0.25) is 0 Å². The lowest BCUT2D eigenvalue weighted by molar-refractivity contribution is -0.182. The van der Waals surface area contributed by atoms with E-state index in [0.717, 1.165) is 24.0 Å². The van der Waals surface area contributed by atoms with E-state index in [-0.39, 0.29) is 49.1 Å². The molecule has 4 aliphatic rings. The summed E-state index contributed by atoms with van der Waals surface area (Å²) in [5.74, 6) is -2.06. The number of carbonyl (C=O) groups excluding carboxylic acids is 3. The van der Waals surface area contributed by atoms with Gasteiger partial charge in [0.25, 0.3) is 5.91 Å². The molecule has 2 saturated heterocycles. The van der Waals surface area contributed by atoms with Crippen LogP contribution in [0.3, 0.4) is 0 Å². The van der Waals surface area contributed by atoms with Gasteiger partial charge in [-0.25, -0.2) is 0 Å². The Bertz CT molecular complexity index is 1080. The predicted octanol–water partition coefficient (Wildman–Crippen LogP) is 3.98. The molecule has 37 heavy (non-hydrogen) atoms. The summed E-state index contributed by atoms with van der Waals surface area (Å²) >= 11 is 0. The fraction of sp³-hybridized carbons (Fsp3) is 0.630. The van der Waals surface area contributed by atoms with Crippen molar-refractivity contribution in [3.8, 4) is 0 Å². The Labute approximate surface area is 213 Å². The Balaban J connectivity index is 1.21. The summed E-state index contributed by atoms with van der Waals surface area (Å²) in [6.07, 6.45) is 1.86. The molecular formula is C27H32F3N3O4. The molecule has 5 rings (SSSR count). The molecule has 0 radical (unpaired) electrons. The van der Waals surface area contributed by atoms with Crippen molar-refractivity contribution in [2.24, 2.45) is 16.8 Å². The molecule has 10 heteroatoms. The van der Waals surface area contributed by atoms with Gasteiger partial charge in [-0.3, -0.25) is 24.7 Å². The van der Waals surface area contributed by atoms with Gasteiger partial charge >= 0.3 is 6.18 Å². The topological polar surface area (TPSA) is 88.1 Å². The summed E-state index contributed by atoms with van der Waals surface area (Å²) in [5, 5.41) is 2.32. The van der Waals surface area contributed by atoms with E-state index in [9.17, 15) is 27.6 Å². The molecule has 0 aromatic heterocycles. The Morgan fingerprint density at radius 2 is 1.86 bits per heavy atom. The molecule has 1 aromatic rings. The smallest absolute Gasteiger partial charge is 0.376 e. The number of nitrogens with one attached hydrogen (secondary N) is 1. The third-order valence-electron chi connectivity index (χ3n) is 8.15. The van der Waals surface area contributed by atoms with Crippen molar-refractivity contribution in [3.05, 3.63) is 34.9 Å². The number of benzene rings is 1. The maximum absolute atomic E-state index is 13.0. The van der Waals surface area contributed by atoms with E-state index >= 15 is 0 Å². The van der Waals surface area contributed by atoms with Gasteiger partial charge in [0, 0.05) is 37.8 Å². The number of imide groups is 1. The van der Waals surface area contributed by atoms with Crippen LogP contribution in [0.25, 0.3) is 0 Å². The van der Waals surface area contributed by atoms with Crippen molar-refractivity contribution < 1.29 is 32.3 Å². The summed E-state index contributed by atoms with van der Waals surface area (Å²) in [6, 6.07) is 4.98. The Morgan fingerprint density at radius 3 is 2.59 bits per heavy atom. The number of alkyl halides is 3. The van der Waals surface area contributed by atoms with E-state index in [1.54, 1.807) is 6.07 Å². The van der Waals surface area contributed by atoms with Crippen LogP contribution in [0, 0.1) is 11.8 Å². The summed E-state index contributed by atoms with van der Waals surface area (Å²) in [4.78, 5) is 43.0. The van der Waals surface area contributed by atoms with Gasteiger partial charge in [0.1, 0.15) is 6.04 Å². The van der Waals surface area contributed by atoms with Crippen LogP contribution in [0.4, 0.5) is 13.2 Å². The van der Waals surface area contributed by atoms with E-state index in [2.05, 4.69) is 5.32 Å². The van der Waals surface area contributed by atoms with Gasteiger partial charge in [-0.2, -0.15) is 13.2 Å². The number of aliphatic imine (C=N–C) groups is 1. The number of carbonyl (C=O) groups is 3. The lowest BCUT2D eigenvalue weighted by Crippen LogP contribution is -2.52. The second-order valence-corrected chi connectivity index (χ2v) is 10.7. The first-order valence-electron chi connectivity index (χ1n) is 13.2. The van der Waals surface area contributed by atoms with E-state index in [0.29, 0.717) is 44.4 Å². The highest BCUT2D eigenvalue weighted by atomic mass is 19.4. The van der Waals surface area contributed by atoms with Crippen LogP contribution in [0.1, 0.15) is 72.9 Å². The monoisotopic (exact) mass is 519 g/mol. The SMILES string of the molecule is O=C1CCC(N2Cc3cc(C[C@H]4OCCC[C@@H]4N=CC4CCC(C(F)(F)F)CC4)ccc3C2=O)C(=O)N1. The van der Waals surface area contributed by atoms with Crippen molar-refractivity contribution in [3.63, 3.8) is 0 Å². The van der Waals surface area contributed by atoms with Crippen molar-refractivity contribution in [2.45, 2.75) is 88.7 Å². The molecule has 3 amide bonds. The molecule has 0 spiro atoms. The van der Waals surface area contributed by atoms with Gasteiger partial charge in [0.2, 0.25) is 11.8 Å². The van der Waals surface area contributed by atoms with Crippen LogP contribution in [-0.4, -0.2) is 59.8 Å². The van der Waals surface area contributed by atoms with Gasteiger partial charge in [-0.05, 0) is 68.1 Å². The number of rotatable bonds is 5. The first kappa shape index (κ1) is 25.9. The van der Waals surface area contributed by atoms with E-state index < -0.39 is 24.0 Å². The molecule has 7 nitrogen and oxygen atoms in total. The van der Waals surface area contributed by atoms with Crippen LogP contribution in [0.5, 0.6) is 0 Å². The van der Waals surface area contributed by atoms with Gasteiger partial charge in [0.15, 0.2) is 0 Å². The Morgan fingerprint density at radius 1 is 1.08 bits per heavy atom. The van der Waals surface area contributed by atoms with E-state index in [4.69, 9.17) is 9.73 Å². The van der Waals surface area contributed by atoms with Crippen LogP contribution in [0.15, 0.2) is 23.2 Å². The van der Waals surface area contributed by atoms with Gasteiger partial charge in [0.05, 0.1) is 18.1 Å². The fourth-order valence-electron chi connectivity index (χ4n) is 6.00. The largest absolute Gasteiger partial charge is 0.391 e. The lowest BCUT2D eigenvalue weighted by atomic mass is 9.82. The third kappa shape index (κ3) is 5.73. The number of hydrogen-bond acceptors (Lipinski definition) is 5. The minimum Gasteiger partial charge on any atom is -0.376 e. The number of ether oxygens (including phenoxy) is 1. The van der Waals surface area contributed by atoms with Crippen molar-refractivity contribution in [2.75, 3.05) is 6.61 Å². The molecule has 200 valence electrons. The number of hydrogen-bond donors (Lipinski definition) is 1. The normalized spacial score (nSPS) is 31.1. The molecule has 1 unspecified atom stereocenters. The molecule has 1 saturated carbocycles. The molecule has 3 aliphatic heterocycles. The average molecular weight is 520 g/mol. The van der Waals surface area contributed by atoms with E-state index in [1.807, 2.05) is 18.3 Å². The number of nitrogens with zero attached hydrogens (tertiary/aromatic N) is 2. The molecule has 1 aromatic carbocycles. The fourth-order valence-corrected chi connectivity index (χ4v) is 6.00. The number of halogens is 3. The zero-order chi connectivity index (χ0) is 26.2. The second kappa shape index (κ2) is 10.6. The first-order chi connectivity index (χ1) is 17.7. The van der Waals surface area contributed by atoms with Crippen LogP contribution < -0.4 is 5.32 Å². The maximum atomic E-state index is 13.0. The molecule has 3 atom stereocenters. The van der Waals surface area contributed by atoms with Crippen LogP contribution >= 0.6 is 0 Å². The first-order valence-corrected chi connectivity index (χ1v) is 13.2. The number of piperidine rings is 1. The highest BCUT2D eigenvalue weighted by Gasteiger charge is 2.41. The lowest BCUT2D eigenvalue weighted by Gasteiger charge is -2.31. The van der Waals surface area contributed by atoms with Crippen molar-refractivity contribution in [1.29, 1.82) is 0 Å². The standard InChI is InChI=1S/C27H32F3N3O4/c28-27(29,30)19-6-3-16(4-7-19)14-31-21-2-1-11-37-23(21)13-17-5-8-20-18(12-17)15-33(26(20)36)22-9-10-24(34)32-25(22)35/h5,8,12,14,16,19,21-23H,1-4,6-7,9-11,13,15H2,(H,32,34,35)/t16?,19?,21-,22?,23+/m0/s1. The Kier molecular flexibility index (Phi) is 7.38. The highest BCUT2D eigenvalue weighted by molar-refractivity contribution is 6.05. The quantitative estimate of drug-likeness (QED) is 0.471. The summed E-state index contributed by atoms with van der Waals surface area (Å²) < 4.78 is 44.9. The summed E-state index contributed by atoms with van der Waals surface area (Å²) in [7, 11) is 0. The molecule has 0 bridgehead atoms. The van der Waals surface area contributed by atoms with Gasteiger partial charge < -0.3 is 9.64 Å². The van der Waals surface area contributed by atoms with Gasteiger partial charge in [-0.1, -0.05) is 12.1 Å². The van der Waals surface area contributed by atoms with Gasteiger partial charge in [-0.15, -0.1) is 0 Å². The molecule has 1 aliphatic carbocycles. The van der Waals surface area contributed by atoms with Crippen molar-refractivity contribution in [1.82, 2.24) is 10.2 Å². The number of amides is 3. The highest BCUT2D eigenvalue weighted by Crippen LogP contribution is 2.39. The molecule has 3 fully saturated rings.